The zero-order valence-electron chi connectivity index (χ0n) is 13.0. The van der Waals surface area contributed by atoms with Crippen LogP contribution in [0.5, 0.6) is 0 Å². The first-order valence-corrected chi connectivity index (χ1v) is 7.81. The quantitative estimate of drug-likeness (QED) is 0.438. The van der Waals surface area contributed by atoms with Gasteiger partial charge in [-0.1, -0.05) is 12.1 Å². The summed E-state index contributed by atoms with van der Waals surface area (Å²) in [6, 6.07) is 7.27. The molecule has 0 aliphatic heterocycles. The monoisotopic (exact) mass is 319 g/mol. The molecule has 1 aromatic carbocycles. The second-order valence-electron chi connectivity index (χ2n) is 6.13. The Morgan fingerprint density at radius 1 is 1.29 bits per heavy atom. The molecule has 1 fully saturated rings. The summed E-state index contributed by atoms with van der Waals surface area (Å²) >= 11 is 0. The Balaban J connectivity index is 2.07. The molecule has 0 bridgehead atoms. The molecular weight excluding hydrogens is 302 g/mol. The molecule has 0 amide bonds. The number of aromatic nitrogens is 2. The van der Waals surface area contributed by atoms with Crippen LogP contribution in [0.4, 0.5) is 11.4 Å². The van der Waals surface area contributed by atoms with Crippen LogP contribution in [0.15, 0.2) is 35.3 Å². The van der Waals surface area contributed by atoms with Gasteiger partial charge in [-0.05, 0) is 42.0 Å². The van der Waals surface area contributed by atoms with E-state index in [0.717, 1.165) is 18.4 Å². The van der Waals surface area contributed by atoms with Crippen molar-refractivity contribution in [3.8, 4) is 11.1 Å². The van der Waals surface area contributed by atoms with Crippen molar-refractivity contribution in [3.63, 3.8) is 0 Å². The van der Waals surface area contributed by atoms with Crippen LogP contribution in [-0.4, -0.2) is 16.2 Å². The number of nitrogens with zero attached hydrogens (tertiary/aromatic N) is 1. The number of anilines is 2. The summed E-state index contributed by atoms with van der Waals surface area (Å²) in [5, 5.41) is 7.65. The first-order chi connectivity index (χ1) is 11.6. The number of pyridine rings is 2. The van der Waals surface area contributed by atoms with Crippen molar-refractivity contribution in [2.45, 2.75) is 18.8 Å². The average molecular weight is 319 g/mol. The third kappa shape index (κ3) is 2.15. The van der Waals surface area contributed by atoms with E-state index in [1.54, 1.807) is 18.2 Å². The number of fused-ring (bicyclic) bond motifs is 1. The van der Waals surface area contributed by atoms with E-state index >= 15 is 0 Å². The number of hydrogen-bond donors (Lipinski definition) is 4. The third-order valence-corrected chi connectivity index (χ3v) is 4.51. The Hall–Kier alpha value is -3.15. The topological polar surface area (TPSA) is 122 Å². The first-order valence-electron chi connectivity index (χ1n) is 7.81. The molecule has 3 aromatic rings. The van der Waals surface area contributed by atoms with Crippen LogP contribution in [0.25, 0.3) is 22.2 Å². The number of rotatable bonds is 3. The third-order valence-electron chi connectivity index (χ3n) is 4.51. The number of nitrogens with one attached hydrogen (secondary N) is 2. The average Bonchev–Trinajstić information content (AvgIpc) is 3.40. The van der Waals surface area contributed by atoms with Crippen LogP contribution in [0, 0.1) is 5.41 Å². The van der Waals surface area contributed by atoms with Crippen molar-refractivity contribution in [2.24, 2.45) is 0 Å². The fourth-order valence-corrected chi connectivity index (χ4v) is 3.08. The molecular formula is C18H17N5O. The second kappa shape index (κ2) is 5.19. The van der Waals surface area contributed by atoms with Crippen molar-refractivity contribution >= 4 is 28.6 Å². The summed E-state index contributed by atoms with van der Waals surface area (Å²) in [4.78, 5) is 19.7. The van der Waals surface area contributed by atoms with Crippen LogP contribution < -0.4 is 17.0 Å². The zero-order valence-corrected chi connectivity index (χ0v) is 13.0. The molecule has 4 rings (SSSR count). The van der Waals surface area contributed by atoms with Gasteiger partial charge in [-0.15, -0.1) is 0 Å². The van der Waals surface area contributed by atoms with Crippen molar-refractivity contribution < 1.29 is 0 Å². The molecule has 6 heteroatoms. The molecule has 0 unspecified atom stereocenters. The summed E-state index contributed by atoms with van der Waals surface area (Å²) in [5.41, 5.74) is 16.3. The lowest BCUT2D eigenvalue weighted by Crippen LogP contribution is -2.14. The minimum atomic E-state index is -0.356. The first kappa shape index (κ1) is 14.4. The minimum Gasteiger partial charge on any atom is -0.398 e. The molecule has 6 N–H and O–H groups in total. The molecule has 1 saturated carbocycles. The number of benzene rings is 1. The SMILES string of the molecule is N=Cc1c(N)cccc1-c1c(N)c(=O)[nH]c2cc(C3CC3)cnc12. The highest BCUT2D eigenvalue weighted by Gasteiger charge is 2.25. The van der Waals surface area contributed by atoms with Crippen molar-refractivity contribution in [1.82, 2.24) is 9.97 Å². The minimum absolute atomic E-state index is 0.0860. The van der Waals surface area contributed by atoms with E-state index in [1.165, 1.54) is 6.21 Å². The Bertz CT molecular complexity index is 1030. The molecule has 1 aliphatic carbocycles. The zero-order chi connectivity index (χ0) is 16.8. The smallest absolute Gasteiger partial charge is 0.272 e. The normalized spacial score (nSPS) is 14.0. The van der Waals surface area contributed by atoms with E-state index in [0.29, 0.717) is 39.3 Å². The van der Waals surface area contributed by atoms with Crippen molar-refractivity contribution in [2.75, 3.05) is 11.5 Å². The van der Waals surface area contributed by atoms with Gasteiger partial charge >= 0.3 is 0 Å². The number of nitrogen functional groups attached to an aromatic ring is 2. The molecule has 120 valence electrons. The van der Waals surface area contributed by atoms with Crippen molar-refractivity contribution in [3.05, 3.63) is 51.9 Å². The van der Waals surface area contributed by atoms with Gasteiger partial charge in [0, 0.05) is 29.2 Å². The number of H-pyrrole nitrogens is 1. The standard InChI is InChI=1S/C18H17N5O/c19-7-12-11(2-1-3-13(12)20)15-16(21)18(24)23-14-6-10(9-4-5-9)8-22-17(14)15/h1-3,6-9,19H,4-5,20-21H2,(H,23,24). The van der Waals surface area contributed by atoms with Gasteiger partial charge in [-0.2, -0.15) is 0 Å². The molecule has 0 saturated heterocycles. The van der Waals surface area contributed by atoms with E-state index in [-0.39, 0.29) is 11.2 Å². The molecule has 0 spiro atoms. The Labute approximate surface area is 138 Å². The predicted molar refractivity (Wildman–Crippen MR) is 96.5 cm³/mol. The summed E-state index contributed by atoms with van der Waals surface area (Å²) in [5.74, 6) is 0.538. The largest absolute Gasteiger partial charge is 0.398 e. The predicted octanol–water partition coefficient (Wildman–Crippen LogP) is 2.63. The molecule has 0 radical (unpaired) electrons. The van der Waals surface area contributed by atoms with E-state index in [9.17, 15) is 4.79 Å². The molecule has 2 aromatic heterocycles. The number of nitrogens with two attached hydrogens (primary N) is 2. The van der Waals surface area contributed by atoms with Crippen LogP contribution in [0.3, 0.4) is 0 Å². The van der Waals surface area contributed by atoms with Crippen LogP contribution in [0.1, 0.15) is 29.9 Å². The van der Waals surface area contributed by atoms with E-state index in [1.807, 2.05) is 12.3 Å². The summed E-state index contributed by atoms with van der Waals surface area (Å²) in [6.07, 6.45) is 5.34. The Morgan fingerprint density at radius 3 is 2.79 bits per heavy atom. The maximum Gasteiger partial charge on any atom is 0.272 e. The molecule has 24 heavy (non-hydrogen) atoms. The van der Waals surface area contributed by atoms with Gasteiger partial charge in [0.15, 0.2) is 0 Å². The molecule has 2 heterocycles. The van der Waals surface area contributed by atoms with Gasteiger partial charge in [0.25, 0.3) is 5.56 Å². The fourth-order valence-electron chi connectivity index (χ4n) is 3.08. The lowest BCUT2D eigenvalue weighted by atomic mass is 9.96. The van der Waals surface area contributed by atoms with Crippen molar-refractivity contribution in [1.29, 1.82) is 5.41 Å². The highest BCUT2D eigenvalue weighted by Crippen LogP contribution is 2.41. The highest BCUT2D eigenvalue weighted by atomic mass is 16.1. The highest BCUT2D eigenvalue weighted by molar-refractivity contribution is 6.04. The molecule has 6 nitrogen and oxygen atoms in total. The molecule has 0 atom stereocenters. The van der Waals surface area contributed by atoms with Gasteiger partial charge in [0.2, 0.25) is 0 Å². The van der Waals surface area contributed by atoms with Crippen LogP contribution >= 0.6 is 0 Å². The van der Waals surface area contributed by atoms with Gasteiger partial charge < -0.3 is 21.9 Å². The number of aromatic amines is 1. The lowest BCUT2D eigenvalue weighted by Gasteiger charge is -2.13. The Morgan fingerprint density at radius 2 is 2.08 bits per heavy atom. The second-order valence-corrected chi connectivity index (χ2v) is 6.13. The van der Waals surface area contributed by atoms with Crippen LogP contribution in [0.2, 0.25) is 0 Å². The lowest BCUT2D eigenvalue weighted by molar-refractivity contribution is 1.10. The van der Waals surface area contributed by atoms with E-state index in [2.05, 4.69) is 9.97 Å². The maximum atomic E-state index is 12.3. The summed E-state index contributed by atoms with van der Waals surface area (Å²) in [7, 11) is 0. The Kier molecular flexibility index (Phi) is 3.13. The summed E-state index contributed by atoms with van der Waals surface area (Å²) < 4.78 is 0. The number of hydrogen-bond acceptors (Lipinski definition) is 5. The van der Waals surface area contributed by atoms with Gasteiger partial charge in [0.1, 0.15) is 5.69 Å². The van der Waals surface area contributed by atoms with Gasteiger partial charge in [-0.25, -0.2) is 0 Å². The summed E-state index contributed by atoms with van der Waals surface area (Å²) in [6.45, 7) is 0. The fraction of sp³-hybridized carbons (Fsp3) is 0.167. The van der Waals surface area contributed by atoms with E-state index in [4.69, 9.17) is 16.9 Å². The maximum absolute atomic E-state index is 12.3. The van der Waals surface area contributed by atoms with Gasteiger partial charge in [-0.3, -0.25) is 9.78 Å². The van der Waals surface area contributed by atoms with Crippen LogP contribution in [-0.2, 0) is 0 Å². The molecule has 1 aliphatic rings. The van der Waals surface area contributed by atoms with E-state index < -0.39 is 0 Å². The van der Waals surface area contributed by atoms with Gasteiger partial charge in [0.05, 0.1) is 11.0 Å².